The van der Waals surface area contributed by atoms with E-state index in [0.29, 0.717) is 11.1 Å². The highest BCUT2D eigenvalue weighted by Gasteiger charge is 2.28. The number of para-hydroxylation sites is 2. The molecule has 0 radical (unpaired) electrons. The molecule has 5 nitrogen and oxygen atoms in total. The van der Waals surface area contributed by atoms with Crippen LogP contribution in [0.4, 0.5) is 0 Å². The Balaban J connectivity index is 1.60. The fourth-order valence-corrected chi connectivity index (χ4v) is 3.52. The SMILES string of the molecule is CN(C(=O)Cn1c(=O)oc2ccccc21)C1CCc2ccccc21. The lowest BCUT2D eigenvalue weighted by molar-refractivity contribution is -0.132. The van der Waals surface area contributed by atoms with E-state index >= 15 is 0 Å². The van der Waals surface area contributed by atoms with Gasteiger partial charge in [-0.25, -0.2) is 4.79 Å². The number of carbonyl (C=O) groups is 1. The zero-order valence-corrected chi connectivity index (χ0v) is 13.4. The molecule has 4 rings (SSSR count). The van der Waals surface area contributed by atoms with Gasteiger partial charge in [0.1, 0.15) is 6.54 Å². The molecule has 1 aromatic heterocycles. The van der Waals surface area contributed by atoms with Crippen LogP contribution in [0.3, 0.4) is 0 Å². The summed E-state index contributed by atoms with van der Waals surface area (Å²) in [5.74, 6) is -0.588. The van der Waals surface area contributed by atoms with E-state index in [9.17, 15) is 9.59 Å². The Morgan fingerprint density at radius 2 is 1.96 bits per heavy atom. The Hall–Kier alpha value is -2.82. The van der Waals surface area contributed by atoms with Crippen molar-refractivity contribution in [2.75, 3.05) is 7.05 Å². The van der Waals surface area contributed by atoms with Gasteiger partial charge in [0, 0.05) is 7.05 Å². The predicted molar refractivity (Wildman–Crippen MR) is 90.7 cm³/mol. The smallest absolute Gasteiger partial charge is 0.408 e. The summed E-state index contributed by atoms with van der Waals surface area (Å²) < 4.78 is 6.60. The number of fused-ring (bicyclic) bond motifs is 2. The van der Waals surface area contributed by atoms with Gasteiger partial charge in [-0.15, -0.1) is 0 Å². The number of amides is 1. The minimum Gasteiger partial charge on any atom is -0.408 e. The quantitative estimate of drug-likeness (QED) is 0.745. The van der Waals surface area contributed by atoms with Crippen molar-refractivity contribution in [3.05, 3.63) is 70.2 Å². The van der Waals surface area contributed by atoms with Crippen LogP contribution in [0.15, 0.2) is 57.7 Å². The number of benzene rings is 2. The van der Waals surface area contributed by atoms with Gasteiger partial charge >= 0.3 is 5.76 Å². The molecule has 0 bridgehead atoms. The number of nitrogens with zero attached hydrogens (tertiary/aromatic N) is 2. The van der Waals surface area contributed by atoms with Crippen molar-refractivity contribution in [3.8, 4) is 0 Å². The Bertz CT molecular complexity index is 970. The Kier molecular flexibility index (Phi) is 3.49. The predicted octanol–water partition coefficient (Wildman–Crippen LogP) is 2.74. The number of aryl methyl sites for hydroxylation is 1. The third-order valence-electron chi connectivity index (χ3n) is 4.83. The molecule has 0 aliphatic heterocycles. The van der Waals surface area contributed by atoms with Crippen LogP contribution in [0, 0.1) is 0 Å². The maximum atomic E-state index is 12.7. The van der Waals surface area contributed by atoms with Gasteiger partial charge in [-0.3, -0.25) is 9.36 Å². The van der Waals surface area contributed by atoms with Crippen LogP contribution >= 0.6 is 0 Å². The second-order valence-electron chi connectivity index (χ2n) is 6.18. The van der Waals surface area contributed by atoms with Crippen LogP contribution in [0.2, 0.25) is 0 Å². The average Bonchev–Trinajstić information content (AvgIpc) is 3.16. The van der Waals surface area contributed by atoms with Gasteiger partial charge in [-0.1, -0.05) is 36.4 Å². The summed E-state index contributed by atoms with van der Waals surface area (Å²) in [7, 11) is 1.81. The molecular formula is C19H18N2O3. The Morgan fingerprint density at radius 3 is 2.83 bits per heavy atom. The van der Waals surface area contributed by atoms with Crippen LogP contribution in [0.25, 0.3) is 11.1 Å². The molecule has 0 N–H and O–H groups in total. The summed E-state index contributed by atoms with van der Waals surface area (Å²) in [4.78, 5) is 26.5. The van der Waals surface area contributed by atoms with E-state index in [2.05, 4.69) is 12.1 Å². The first-order chi connectivity index (χ1) is 11.6. The number of oxazole rings is 1. The van der Waals surface area contributed by atoms with Gasteiger partial charge in [-0.2, -0.15) is 0 Å². The summed E-state index contributed by atoms with van der Waals surface area (Å²) in [6, 6.07) is 15.4. The normalized spacial score (nSPS) is 16.3. The van der Waals surface area contributed by atoms with Gasteiger partial charge < -0.3 is 9.32 Å². The lowest BCUT2D eigenvalue weighted by atomic mass is 10.1. The third kappa shape index (κ3) is 2.33. The van der Waals surface area contributed by atoms with Crippen molar-refractivity contribution in [3.63, 3.8) is 0 Å². The van der Waals surface area contributed by atoms with E-state index in [1.165, 1.54) is 15.7 Å². The molecule has 1 amide bonds. The maximum Gasteiger partial charge on any atom is 0.420 e. The minimum atomic E-state index is -0.496. The molecule has 3 aromatic rings. The molecule has 0 fully saturated rings. The topological polar surface area (TPSA) is 55.5 Å². The lowest BCUT2D eigenvalue weighted by Gasteiger charge is -2.25. The molecule has 0 spiro atoms. The molecule has 1 aliphatic carbocycles. The van der Waals surface area contributed by atoms with E-state index in [0.717, 1.165) is 12.8 Å². The van der Waals surface area contributed by atoms with Gasteiger partial charge in [0.2, 0.25) is 5.91 Å². The zero-order chi connectivity index (χ0) is 16.7. The van der Waals surface area contributed by atoms with Crippen molar-refractivity contribution in [2.24, 2.45) is 0 Å². The number of aromatic nitrogens is 1. The number of likely N-dealkylation sites (N-methyl/N-ethyl adjacent to an activating group) is 1. The monoisotopic (exact) mass is 322 g/mol. The van der Waals surface area contributed by atoms with Gasteiger partial charge in [0.15, 0.2) is 5.58 Å². The minimum absolute atomic E-state index is 0.00892. The number of carbonyl (C=O) groups excluding carboxylic acids is 1. The summed E-state index contributed by atoms with van der Waals surface area (Å²) in [5, 5.41) is 0. The summed E-state index contributed by atoms with van der Waals surface area (Å²) in [6.45, 7) is -0.00892. The summed E-state index contributed by atoms with van der Waals surface area (Å²) >= 11 is 0. The molecule has 1 unspecified atom stereocenters. The number of rotatable bonds is 3. The first-order valence-electron chi connectivity index (χ1n) is 8.07. The molecule has 0 saturated carbocycles. The molecule has 1 heterocycles. The molecule has 24 heavy (non-hydrogen) atoms. The van der Waals surface area contributed by atoms with Gasteiger partial charge in [0.25, 0.3) is 0 Å². The van der Waals surface area contributed by atoms with Crippen LogP contribution in [0.5, 0.6) is 0 Å². The maximum absolute atomic E-state index is 12.7. The standard InChI is InChI=1S/C19H18N2O3/c1-20(15-11-10-13-6-2-3-7-14(13)15)18(22)12-21-16-8-4-5-9-17(16)24-19(21)23/h2-9,15H,10-12H2,1H3. The highest BCUT2D eigenvalue weighted by Crippen LogP contribution is 2.34. The van der Waals surface area contributed by atoms with Crippen molar-refractivity contribution < 1.29 is 9.21 Å². The largest absolute Gasteiger partial charge is 0.420 e. The van der Waals surface area contributed by atoms with Crippen LogP contribution in [-0.4, -0.2) is 22.4 Å². The molecular weight excluding hydrogens is 304 g/mol. The lowest BCUT2D eigenvalue weighted by Crippen LogP contribution is -2.34. The van der Waals surface area contributed by atoms with Gasteiger partial charge in [0.05, 0.1) is 11.6 Å². The first kappa shape index (κ1) is 14.8. The fraction of sp³-hybridized carbons (Fsp3) is 0.263. The highest BCUT2D eigenvalue weighted by molar-refractivity contribution is 5.80. The summed E-state index contributed by atoms with van der Waals surface area (Å²) in [5.41, 5.74) is 3.66. The Morgan fingerprint density at radius 1 is 1.21 bits per heavy atom. The molecule has 0 saturated heterocycles. The van der Waals surface area contributed by atoms with E-state index in [4.69, 9.17) is 4.42 Å². The molecule has 1 atom stereocenters. The second kappa shape index (κ2) is 5.67. The van der Waals surface area contributed by atoms with Crippen LogP contribution in [0.1, 0.15) is 23.6 Å². The van der Waals surface area contributed by atoms with E-state index in [-0.39, 0.29) is 18.5 Å². The Labute approximate surface area is 139 Å². The fourth-order valence-electron chi connectivity index (χ4n) is 3.52. The number of hydrogen-bond donors (Lipinski definition) is 0. The first-order valence-corrected chi connectivity index (χ1v) is 8.07. The third-order valence-corrected chi connectivity index (χ3v) is 4.83. The van der Waals surface area contributed by atoms with E-state index < -0.39 is 5.76 Å². The molecule has 1 aliphatic rings. The van der Waals surface area contributed by atoms with Crippen molar-refractivity contribution in [2.45, 2.75) is 25.4 Å². The summed E-state index contributed by atoms with van der Waals surface area (Å²) in [6.07, 6.45) is 1.90. The van der Waals surface area contributed by atoms with Crippen molar-refractivity contribution in [1.82, 2.24) is 9.47 Å². The molecule has 2 aromatic carbocycles. The van der Waals surface area contributed by atoms with Gasteiger partial charge in [-0.05, 0) is 36.1 Å². The average molecular weight is 322 g/mol. The van der Waals surface area contributed by atoms with Crippen LogP contribution < -0.4 is 5.76 Å². The molecule has 122 valence electrons. The molecule has 5 heteroatoms. The van der Waals surface area contributed by atoms with E-state index in [1.807, 2.05) is 25.2 Å². The van der Waals surface area contributed by atoms with Crippen LogP contribution in [-0.2, 0) is 17.8 Å². The zero-order valence-electron chi connectivity index (χ0n) is 13.4. The highest BCUT2D eigenvalue weighted by atomic mass is 16.4. The number of hydrogen-bond acceptors (Lipinski definition) is 3. The van der Waals surface area contributed by atoms with Crippen molar-refractivity contribution in [1.29, 1.82) is 0 Å². The second-order valence-corrected chi connectivity index (χ2v) is 6.18. The van der Waals surface area contributed by atoms with Crippen molar-refractivity contribution >= 4 is 17.0 Å². The van der Waals surface area contributed by atoms with E-state index in [1.54, 1.807) is 23.1 Å².